The molecule has 0 aliphatic carbocycles. The third-order valence-electron chi connectivity index (χ3n) is 1.28. The Morgan fingerprint density at radius 2 is 1.17 bits per heavy atom. The summed E-state index contributed by atoms with van der Waals surface area (Å²) in [6, 6.07) is 0. The summed E-state index contributed by atoms with van der Waals surface area (Å²) in [5, 5.41) is 16.4. The van der Waals surface area contributed by atoms with Crippen molar-refractivity contribution < 1.29 is 61.5 Å². The van der Waals surface area contributed by atoms with Crippen LogP contribution in [-0.2, 0) is 9.59 Å². The van der Waals surface area contributed by atoms with Crippen LogP contribution in [0.1, 0.15) is 32.1 Å². The van der Waals surface area contributed by atoms with E-state index in [9.17, 15) is 9.59 Å². The van der Waals surface area contributed by atoms with Gasteiger partial charge < -0.3 is 10.2 Å². The molecule has 0 aliphatic heterocycles. The summed E-state index contributed by atoms with van der Waals surface area (Å²) in [4.78, 5) is 20.0. The van der Waals surface area contributed by atoms with Crippen molar-refractivity contribution in [2.24, 2.45) is 0 Å². The fourth-order valence-corrected chi connectivity index (χ4v) is 0.729. The Hall–Kier alpha value is 0.317. The fraction of sp³-hybridized carbons (Fsp3) is 0.714. The first-order chi connectivity index (χ1) is 5.13. The zero-order valence-electron chi connectivity index (χ0n) is 6.75. The molecule has 0 rings (SSSR count). The van der Waals surface area contributed by atoms with Gasteiger partial charge in [-0.2, -0.15) is 0 Å². The summed E-state index contributed by atoms with van der Waals surface area (Å²) in [5.41, 5.74) is 0. The van der Waals surface area contributed by atoms with E-state index < -0.39 is 11.9 Å². The van der Waals surface area contributed by atoms with E-state index in [0.717, 1.165) is 0 Å². The minimum absolute atomic E-state index is 0. The number of unbranched alkanes of at least 4 members (excludes halogenated alkanes) is 2. The van der Waals surface area contributed by atoms with Crippen LogP contribution in [0.4, 0.5) is 0 Å². The predicted molar refractivity (Wildman–Crippen MR) is 38.4 cm³/mol. The SMILES string of the molecule is O=C(O)CCCCCC(=O)O.[Ce]. The summed E-state index contributed by atoms with van der Waals surface area (Å²) >= 11 is 0. The van der Waals surface area contributed by atoms with Crippen LogP contribution in [0.2, 0.25) is 0 Å². The summed E-state index contributed by atoms with van der Waals surface area (Å²) < 4.78 is 0. The Morgan fingerprint density at radius 1 is 0.833 bits per heavy atom. The van der Waals surface area contributed by atoms with Crippen LogP contribution in [0.15, 0.2) is 0 Å². The topological polar surface area (TPSA) is 74.6 Å². The van der Waals surface area contributed by atoms with Gasteiger partial charge in [0.05, 0.1) is 0 Å². The van der Waals surface area contributed by atoms with E-state index in [1.165, 1.54) is 0 Å². The Bertz CT molecular complexity index is 130. The molecule has 0 spiro atoms. The third kappa shape index (κ3) is 12.9. The average molecular weight is 300 g/mol. The minimum Gasteiger partial charge on any atom is -0.481 e. The first kappa shape index (κ1) is 14.8. The summed E-state index contributed by atoms with van der Waals surface area (Å²) in [5.74, 6) is -1.64. The molecule has 4 nitrogen and oxygen atoms in total. The van der Waals surface area contributed by atoms with E-state index >= 15 is 0 Å². The molecule has 0 saturated carbocycles. The van der Waals surface area contributed by atoms with Gasteiger partial charge in [0.1, 0.15) is 0 Å². The van der Waals surface area contributed by atoms with Crippen molar-refractivity contribution in [2.75, 3.05) is 0 Å². The second-order valence-electron chi connectivity index (χ2n) is 2.35. The molecule has 0 bridgehead atoms. The molecule has 0 aromatic rings. The maximum absolute atomic E-state index is 9.98. The van der Waals surface area contributed by atoms with E-state index in [1.807, 2.05) is 0 Å². The van der Waals surface area contributed by atoms with Crippen LogP contribution in [0.25, 0.3) is 0 Å². The largest absolute Gasteiger partial charge is 0.481 e. The molecule has 68 valence electrons. The van der Waals surface area contributed by atoms with E-state index in [0.29, 0.717) is 19.3 Å². The molecule has 2 N–H and O–H groups in total. The summed E-state index contributed by atoms with van der Waals surface area (Å²) in [6.07, 6.45) is 2.10. The number of carbonyl (C=O) groups is 2. The van der Waals surface area contributed by atoms with Gasteiger partial charge in [0, 0.05) is 54.6 Å². The molecular weight excluding hydrogens is 288 g/mol. The van der Waals surface area contributed by atoms with Gasteiger partial charge in [0.15, 0.2) is 0 Å². The van der Waals surface area contributed by atoms with Crippen molar-refractivity contribution in [3.05, 3.63) is 0 Å². The van der Waals surface area contributed by atoms with Gasteiger partial charge in [0.25, 0.3) is 0 Å². The van der Waals surface area contributed by atoms with Gasteiger partial charge >= 0.3 is 11.9 Å². The van der Waals surface area contributed by atoms with Crippen LogP contribution >= 0.6 is 0 Å². The van der Waals surface area contributed by atoms with Crippen molar-refractivity contribution in [1.82, 2.24) is 0 Å². The number of hydrogen-bond acceptors (Lipinski definition) is 2. The van der Waals surface area contributed by atoms with Crippen LogP contribution < -0.4 is 0 Å². The molecule has 0 heterocycles. The Morgan fingerprint density at radius 3 is 1.42 bits per heavy atom. The predicted octanol–water partition coefficient (Wildman–Crippen LogP) is 1.11. The molecule has 0 aromatic heterocycles. The molecule has 5 heteroatoms. The van der Waals surface area contributed by atoms with Gasteiger partial charge in [-0.3, -0.25) is 9.59 Å². The van der Waals surface area contributed by atoms with Crippen LogP contribution in [0.5, 0.6) is 0 Å². The monoisotopic (exact) mass is 300 g/mol. The van der Waals surface area contributed by atoms with Crippen molar-refractivity contribution in [2.45, 2.75) is 32.1 Å². The first-order valence-corrected chi connectivity index (χ1v) is 3.56. The first-order valence-electron chi connectivity index (χ1n) is 3.56. The Kier molecular flexibility index (Phi) is 11.6. The standard InChI is InChI=1S/C7H12O4.Ce/c8-6(9)4-2-1-3-5-7(10)11;/h1-5H2,(H,8,9)(H,10,11);. The molecule has 0 amide bonds. The van der Waals surface area contributed by atoms with Crippen molar-refractivity contribution in [3.63, 3.8) is 0 Å². The van der Waals surface area contributed by atoms with Crippen LogP contribution in [0.3, 0.4) is 0 Å². The van der Waals surface area contributed by atoms with Gasteiger partial charge in [-0.25, -0.2) is 0 Å². The van der Waals surface area contributed by atoms with Crippen molar-refractivity contribution in [1.29, 1.82) is 0 Å². The average Bonchev–Trinajstić information content (AvgIpc) is 1.85. The molecule has 12 heavy (non-hydrogen) atoms. The Labute approximate surface area is 105 Å². The molecular formula is C7H12CeO4. The fourth-order valence-electron chi connectivity index (χ4n) is 0.729. The second kappa shape index (κ2) is 9.40. The third-order valence-corrected chi connectivity index (χ3v) is 1.28. The second-order valence-corrected chi connectivity index (χ2v) is 2.35. The van der Waals surface area contributed by atoms with Gasteiger partial charge in [-0.1, -0.05) is 6.42 Å². The molecule has 0 unspecified atom stereocenters. The van der Waals surface area contributed by atoms with E-state index in [1.54, 1.807) is 0 Å². The maximum atomic E-state index is 9.98. The maximum Gasteiger partial charge on any atom is 0.303 e. The van der Waals surface area contributed by atoms with Crippen molar-refractivity contribution >= 4 is 11.9 Å². The van der Waals surface area contributed by atoms with Crippen LogP contribution in [-0.4, -0.2) is 22.2 Å². The van der Waals surface area contributed by atoms with Gasteiger partial charge in [-0.05, 0) is 12.8 Å². The number of carboxylic acid groups (broad SMARTS) is 2. The van der Waals surface area contributed by atoms with Gasteiger partial charge in [-0.15, -0.1) is 0 Å². The molecule has 0 radical (unpaired) electrons. The minimum atomic E-state index is -0.819. The molecule has 0 aromatic carbocycles. The van der Waals surface area contributed by atoms with Crippen molar-refractivity contribution in [3.8, 4) is 0 Å². The summed E-state index contributed by atoms with van der Waals surface area (Å²) in [7, 11) is 0. The number of hydrogen-bond donors (Lipinski definition) is 2. The Balaban J connectivity index is 0. The van der Waals surface area contributed by atoms with E-state index in [-0.39, 0.29) is 54.6 Å². The number of carboxylic acids is 2. The van der Waals surface area contributed by atoms with E-state index in [2.05, 4.69) is 0 Å². The van der Waals surface area contributed by atoms with Crippen LogP contribution in [0, 0.1) is 41.7 Å². The number of rotatable bonds is 6. The zero-order chi connectivity index (χ0) is 8.69. The molecule has 0 aliphatic rings. The summed E-state index contributed by atoms with van der Waals surface area (Å²) in [6.45, 7) is 0. The quantitative estimate of drug-likeness (QED) is 0.721. The number of aliphatic carboxylic acids is 2. The zero-order valence-corrected chi connectivity index (χ0v) is 9.89. The molecule has 0 fully saturated rings. The van der Waals surface area contributed by atoms with Gasteiger partial charge in [0.2, 0.25) is 0 Å². The normalized spacial score (nSPS) is 8.67. The molecule has 0 atom stereocenters. The van der Waals surface area contributed by atoms with E-state index in [4.69, 9.17) is 10.2 Å². The molecule has 0 saturated heterocycles. The smallest absolute Gasteiger partial charge is 0.303 e.